The number of benzene rings is 2. The molecule has 3 rings (SSSR count). The highest BCUT2D eigenvalue weighted by molar-refractivity contribution is 7.10. The molecule has 110 valence electrons. The molecule has 0 radical (unpaired) electrons. The van der Waals surface area contributed by atoms with E-state index in [2.05, 4.69) is 4.98 Å². The van der Waals surface area contributed by atoms with Crippen molar-refractivity contribution in [3.63, 3.8) is 0 Å². The topological polar surface area (TPSA) is 12.9 Å². The van der Waals surface area contributed by atoms with Crippen molar-refractivity contribution in [2.75, 3.05) is 0 Å². The van der Waals surface area contributed by atoms with Crippen LogP contribution < -0.4 is 0 Å². The number of hydrogen-bond donors (Lipinski definition) is 0. The van der Waals surface area contributed by atoms with Gasteiger partial charge < -0.3 is 0 Å². The van der Waals surface area contributed by atoms with Gasteiger partial charge in [-0.1, -0.05) is 41.4 Å². The average Bonchev–Trinajstić information content (AvgIpc) is 2.98. The third-order valence-corrected chi connectivity index (χ3v) is 4.69. The first kappa shape index (κ1) is 15.2. The van der Waals surface area contributed by atoms with Crippen molar-refractivity contribution >= 4 is 46.7 Å². The molecular formula is C17H10Cl2FNS. The minimum Gasteiger partial charge on any atom is -0.237 e. The molecule has 0 saturated carbocycles. The molecule has 0 fully saturated rings. The maximum atomic E-state index is 12.9. The van der Waals surface area contributed by atoms with E-state index >= 15 is 0 Å². The number of nitrogens with zero attached hydrogens (tertiary/aromatic N) is 1. The quantitative estimate of drug-likeness (QED) is 0.531. The van der Waals surface area contributed by atoms with Gasteiger partial charge in [0.15, 0.2) is 0 Å². The van der Waals surface area contributed by atoms with Crippen LogP contribution in [0.2, 0.25) is 10.0 Å². The van der Waals surface area contributed by atoms with Crippen LogP contribution in [0.15, 0.2) is 47.8 Å². The van der Waals surface area contributed by atoms with Gasteiger partial charge in [0.2, 0.25) is 0 Å². The van der Waals surface area contributed by atoms with Crippen LogP contribution >= 0.6 is 34.5 Å². The summed E-state index contributed by atoms with van der Waals surface area (Å²) in [5, 5.41) is 3.83. The van der Waals surface area contributed by atoms with Gasteiger partial charge in [-0.25, -0.2) is 9.37 Å². The summed E-state index contributed by atoms with van der Waals surface area (Å²) >= 11 is 13.6. The molecule has 22 heavy (non-hydrogen) atoms. The van der Waals surface area contributed by atoms with Crippen LogP contribution in [0.4, 0.5) is 4.39 Å². The van der Waals surface area contributed by atoms with Gasteiger partial charge in [-0.05, 0) is 42.0 Å². The first-order valence-electron chi connectivity index (χ1n) is 6.47. The second-order valence-electron chi connectivity index (χ2n) is 4.55. The van der Waals surface area contributed by atoms with Crippen LogP contribution in [0.5, 0.6) is 0 Å². The smallest absolute Gasteiger partial charge is 0.123 e. The first-order chi connectivity index (χ1) is 10.6. The molecule has 0 N–H and O–H groups in total. The highest BCUT2D eigenvalue weighted by Crippen LogP contribution is 2.28. The van der Waals surface area contributed by atoms with Gasteiger partial charge >= 0.3 is 0 Å². The molecule has 0 aliphatic carbocycles. The minimum atomic E-state index is -0.255. The Labute approximate surface area is 141 Å². The molecular weight excluding hydrogens is 340 g/mol. The van der Waals surface area contributed by atoms with Crippen molar-refractivity contribution in [3.05, 3.63) is 74.3 Å². The lowest BCUT2D eigenvalue weighted by molar-refractivity contribution is 0.628. The number of halogens is 3. The Morgan fingerprint density at radius 2 is 1.77 bits per heavy atom. The van der Waals surface area contributed by atoms with Crippen molar-refractivity contribution < 1.29 is 4.39 Å². The lowest BCUT2D eigenvalue weighted by atomic mass is 10.2. The van der Waals surface area contributed by atoms with Crippen molar-refractivity contribution in [1.82, 2.24) is 4.98 Å². The summed E-state index contributed by atoms with van der Waals surface area (Å²) in [6, 6.07) is 11.8. The van der Waals surface area contributed by atoms with Crippen LogP contribution in [-0.2, 0) is 0 Å². The van der Waals surface area contributed by atoms with E-state index in [-0.39, 0.29) is 5.82 Å². The van der Waals surface area contributed by atoms with Crippen LogP contribution in [-0.4, -0.2) is 4.98 Å². The molecule has 1 aromatic heterocycles. The monoisotopic (exact) mass is 349 g/mol. The second kappa shape index (κ2) is 6.61. The van der Waals surface area contributed by atoms with Crippen molar-refractivity contribution in [3.8, 4) is 11.3 Å². The number of thiazole rings is 1. The molecule has 3 aromatic rings. The molecule has 0 saturated heterocycles. The maximum absolute atomic E-state index is 12.9. The van der Waals surface area contributed by atoms with Crippen molar-refractivity contribution in [2.24, 2.45) is 0 Å². The summed E-state index contributed by atoms with van der Waals surface area (Å²) in [7, 11) is 0. The van der Waals surface area contributed by atoms with Gasteiger partial charge in [-0.15, -0.1) is 11.3 Å². The summed E-state index contributed by atoms with van der Waals surface area (Å²) in [4.78, 5) is 4.51. The van der Waals surface area contributed by atoms with E-state index in [1.807, 2.05) is 29.7 Å². The van der Waals surface area contributed by atoms with Crippen molar-refractivity contribution in [1.29, 1.82) is 0 Å². The summed E-state index contributed by atoms with van der Waals surface area (Å²) in [5.74, 6) is -0.255. The lowest BCUT2D eigenvalue weighted by Gasteiger charge is -1.99. The fourth-order valence-electron chi connectivity index (χ4n) is 1.93. The number of hydrogen-bond acceptors (Lipinski definition) is 2. The number of aromatic nitrogens is 1. The standard InChI is InChI=1S/C17H10Cl2FNS/c18-14-3-1-2-12(17(14)19)6-9-16-21-15(10-22-16)11-4-7-13(20)8-5-11/h1-10H. The van der Waals surface area contributed by atoms with E-state index in [4.69, 9.17) is 23.2 Å². The summed E-state index contributed by atoms with van der Waals surface area (Å²) in [6.45, 7) is 0. The fraction of sp³-hybridized carbons (Fsp3) is 0. The molecule has 0 aliphatic heterocycles. The van der Waals surface area contributed by atoms with E-state index < -0.39 is 0 Å². The molecule has 2 aromatic carbocycles. The molecule has 0 aliphatic rings. The Bertz CT molecular complexity index is 825. The van der Waals surface area contributed by atoms with Crippen molar-refractivity contribution in [2.45, 2.75) is 0 Å². The molecule has 5 heteroatoms. The Balaban J connectivity index is 1.83. The van der Waals surface area contributed by atoms with E-state index in [0.717, 1.165) is 21.8 Å². The molecule has 0 spiro atoms. The predicted molar refractivity (Wildman–Crippen MR) is 92.9 cm³/mol. The van der Waals surface area contributed by atoms with Gasteiger partial charge in [0, 0.05) is 10.9 Å². The van der Waals surface area contributed by atoms with Gasteiger partial charge in [0.1, 0.15) is 10.8 Å². The molecule has 1 heterocycles. The van der Waals surface area contributed by atoms with E-state index in [1.165, 1.54) is 23.5 Å². The highest BCUT2D eigenvalue weighted by Gasteiger charge is 2.04. The normalized spacial score (nSPS) is 11.2. The Morgan fingerprint density at radius 1 is 1.00 bits per heavy atom. The Hall–Kier alpha value is -1.68. The second-order valence-corrected chi connectivity index (χ2v) is 6.23. The van der Waals surface area contributed by atoms with Gasteiger partial charge in [0.05, 0.1) is 15.7 Å². The zero-order valence-electron chi connectivity index (χ0n) is 11.3. The minimum absolute atomic E-state index is 0.255. The molecule has 1 nitrogen and oxygen atoms in total. The maximum Gasteiger partial charge on any atom is 0.123 e. The zero-order valence-corrected chi connectivity index (χ0v) is 13.6. The predicted octanol–water partition coefficient (Wildman–Crippen LogP) is 6.43. The lowest BCUT2D eigenvalue weighted by Crippen LogP contribution is -1.79. The SMILES string of the molecule is Fc1ccc(-c2csc(C=Cc3cccc(Cl)c3Cl)n2)cc1. The van der Waals surface area contributed by atoms with E-state index in [0.29, 0.717) is 10.0 Å². The van der Waals surface area contributed by atoms with Crippen LogP contribution in [0, 0.1) is 5.82 Å². The van der Waals surface area contributed by atoms with Gasteiger partial charge in [-0.2, -0.15) is 0 Å². The molecule has 0 amide bonds. The molecule has 0 atom stereocenters. The fourth-order valence-corrected chi connectivity index (χ4v) is 3.02. The molecule has 0 unspecified atom stereocenters. The summed E-state index contributed by atoms with van der Waals surface area (Å²) in [5.41, 5.74) is 2.55. The summed E-state index contributed by atoms with van der Waals surface area (Å²) < 4.78 is 12.9. The van der Waals surface area contributed by atoms with Gasteiger partial charge in [0.25, 0.3) is 0 Å². The zero-order chi connectivity index (χ0) is 15.5. The Morgan fingerprint density at radius 3 is 2.55 bits per heavy atom. The number of rotatable bonds is 3. The van der Waals surface area contributed by atoms with Crippen LogP contribution in [0.3, 0.4) is 0 Å². The highest BCUT2D eigenvalue weighted by atomic mass is 35.5. The third kappa shape index (κ3) is 3.38. The van der Waals surface area contributed by atoms with E-state index in [1.54, 1.807) is 18.2 Å². The third-order valence-electron chi connectivity index (χ3n) is 3.05. The Kier molecular flexibility index (Phi) is 4.57. The largest absolute Gasteiger partial charge is 0.237 e. The van der Waals surface area contributed by atoms with Crippen LogP contribution in [0.25, 0.3) is 23.4 Å². The van der Waals surface area contributed by atoms with E-state index in [9.17, 15) is 4.39 Å². The molecule has 0 bridgehead atoms. The first-order valence-corrected chi connectivity index (χ1v) is 8.10. The summed E-state index contributed by atoms with van der Waals surface area (Å²) in [6.07, 6.45) is 3.76. The van der Waals surface area contributed by atoms with Gasteiger partial charge in [-0.3, -0.25) is 0 Å². The average molecular weight is 350 g/mol. The van der Waals surface area contributed by atoms with Crippen LogP contribution in [0.1, 0.15) is 10.6 Å².